The van der Waals surface area contributed by atoms with Crippen LogP contribution in [0, 0.1) is 0 Å². The molecule has 1 unspecified atom stereocenters. The van der Waals surface area contributed by atoms with Gasteiger partial charge in [0, 0.05) is 0 Å². The number of hydrogen-bond acceptors (Lipinski definition) is 1. The molecule has 1 aromatic carbocycles. The van der Waals surface area contributed by atoms with Crippen LogP contribution in [0.3, 0.4) is 0 Å². The van der Waals surface area contributed by atoms with E-state index in [4.69, 9.17) is 0 Å². The molecule has 0 saturated carbocycles. The zero-order valence-corrected chi connectivity index (χ0v) is 11.9. The normalized spacial score (nSPS) is 14.5. The Kier molecular flexibility index (Phi) is 5.02. The van der Waals surface area contributed by atoms with E-state index in [1.807, 2.05) is 0 Å². The topological polar surface area (TPSA) is 12.0 Å². The van der Waals surface area contributed by atoms with Gasteiger partial charge >= 0.3 is 6.18 Å². The molecular weight excluding hydrogens is 251 g/mol. The largest absolute Gasteiger partial charge is 0.407 e. The minimum absolute atomic E-state index is 0.00948. The van der Waals surface area contributed by atoms with Gasteiger partial charge in [0.05, 0.1) is 0 Å². The van der Waals surface area contributed by atoms with Crippen LogP contribution < -0.4 is 5.32 Å². The molecule has 1 atom stereocenters. The fourth-order valence-corrected chi connectivity index (χ4v) is 1.96. The standard InChI is InChI=1S/C15H22F3N/c1-5-14(3,4)12-9-7-11(8-10-12)13(19-6-2)15(16,17)18/h7-10,13,19H,5-6H2,1-4H3. The van der Waals surface area contributed by atoms with Crippen LogP contribution in [0.1, 0.15) is 51.3 Å². The summed E-state index contributed by atoms with van der Waals surface area (Å²) in [6, 6.07) is 5.17. The second-order valence-electron chi connectivity index (χ2n) is 5.39. The van der Waals surface area contributed by atoms with Crippen molar-refractivity contribution in [2.24, 2.45) is 0 Å². The third-order valence-electron chi connectivity index (χ3n) is 3.64. The van der Waals surface area contributed by atoms with Gasteiger partial charge in [-0.25, -0.2) is 0 Å². The van der Waals surface area contributed by atoms with E-state index in [0.29, 0.717) is 0 Å². The Labute approximate surface area is 113 Å². The van der Waals surface area contributed by atoms with Crippen molar-refractivity contribution in [2.45, 2.75) is 51.7 Å². The molecule has 1 rings (SSSR count). The van der Waals surface area contributed by atoms with Crippen LogP contribution in [-0.2, 0) is 5.41 Å². The van der Waals surface area contributed by atoms with E-state index in [2.05, 4.69) is 26.1 Å². The van der Waals surface area contributed by atoms with Gasteiger partial charge in [-0.15, -0.1) is 0 Å². The number of rotatable bonds is 5. The Hall–Kier alpha value is -1.03. The average molecular weight is 273 g/mol. The Bertz CT molecular complexity index is 393. The fraction of sp³-hybridized carbons (Fsp3) is 0.600. The Morgan fingerprint density at radius 2 is 1.58 bits per heavy atom. The highest BCUT2D eigenvalue weighted by atomic mass is 19.4. The number of halogens is 3. The second kappa shape index (κ2) is 5.95. The third kappa shape index (κ3) is 3.96. The first-order valence-corrected chi connectivity index (χ1v) is 6.63. The van der Waals surface area contributed by atoms with Crippen LogP contribution in [0.2, 0.25) is 0 Å². The van der Waals surface area contributed by atoms with Gasteiger partial charge in [-0.3, -0.25) is 0 Å². The molecule has 108 valence electrons. The molecule has 0 radical (unpaired) electrons. The molecule has 0 aliphatic heterocycles. The Balaban J connectivity index is 3.02. The molecular formula is C15H22F3N. The monoisotopic (exact) mass is 273 g/mol. The maximum absolute atomic E-state index is 12.9. The summed E-state index contributed by atoms with van der Waals surface area (Å²) in [4.78, 5) is 0. The van der Waals surface area contributed by atoms with Crippen LogP contribution in [0.5, 0.6) is 0 Å². The van der Waals surface area contributed by atoms with E-state index in [1.165, 1.54) is 0 Å². The van der Waals surface area contributed by atoms with Crippen molar-refractivity contribution in [3.63, 3.8) is 0 Å². The molecule has 0 saturated heterocycles. The molecule has 0 heterocycles. The van der Waals surface area contributed by atoms with E-state index in [-0.39, 0.29) is 17.5 Å². The first-order chi connectivity index (χ1) is 8.72. The molecule has 0 amide bonds. The van der Waals surface area contributed by atoms with Crippen molar-refractivity contribution >= 4 is 0 Å². The number of hydrogen-bond donors (Lipinski definition) is 1. The van der Waals surface area contributed by atoms with Gasteiger partial charge in [0.15, 0.2) is 0 Å². The van der Waals surface area contributed by atoms with Crippen LogP contribution in [0.25, 0.3) is 0 Å². The van der Waals surface area contributed by atoms with Crippen molar-refractivity contribution in [2.75, 3.05) is 6.54 Å². The molecule has 0 fully saturated rings. The Morgan fingerprint density at radius 1 is 1.05 bits per heavy atom. The first-order valence-electron chi connectivity index (χ1n) is 6.63. The molecule has 1 N–H and O–H groups in total. The maximum atomic E-state index is 12.9. The van der Waals surface area contributed by atoms with Gasteiger partial charge < -0.3 is 5.32 Å². The molecule has 0 spiro atoms. The van der Waals surface area contributed by atoms with E-state index in [1.54, 1.807) is 31.2 Å². The fourth-order valence-electron chi connectivity index (χ4n) is 1.96. The lowest BCUT2D eigenvalue weighted by Crippen LogP contribution is -2.34. The number of benzene rings is 1. The summed E-state index contributed by atoms with van der Waals surface area (Å²) in [5.41, 5.74) is 1.32. The zero-order valence-electron chi connectivity index (χ0n) is 11.9. The summed E-state index contributed by atoms with van der Waals surface area (Å²) in [7, 11) is 0. The van der Waals surface area contributed by atoms with Gasteiger partial charge in [0.1, 0.15) is 6.04 Å². The van der Waals surface area contributed by atoms with Crippen LogP contribution in [0.15, 0.2) is 24.3 Å². The molecule has 1 aromatic rings. The van der Waals surface area contributed by atoms with E-state index in [9.17, 15) is 13.2 Å². The maximum Gasteiger partial charge on any atom is 0.407 e. The van der Waals surface area contributed by atoms with Crippen LogP contribution in [0.4, 0.5) is 13.2 Å². The van der Waals surface area contributed by atoms with E-state index < -0.39 is 12.2 Å². The first kappa shape index (κ1) is 16.0. The highest BCUT2D eigenvalue weighted by Gasteiger charge is 2.40. The predicted molar refractivity (Wildman–Crippen MR) is 72.2 cm³/mol. The third-order valence-corrected chi connectivity index (χ3v) is 3.64. The van der Waals surface area contributed by atoms with Gasteiger partial charge in [0.25, 0.3) is 0 Å². The van der Waals surface area contributed by atoms with Gasteiger partial charge in [0.2, 0.25) is 0 Å². The summed E-state index contributed by atoms with van der Waals surface area (Å²) < 4.78 is 38.8. The molecule has 0 aromatic heterocycles. The van der Waals surface area contributed by atoms with E-state index >= 15 is 0 Å². The lowest BCUT2D eigenvalue weighted by atomic mass is 9.82. The number of nitrogens with one attached hydrogen (secondary N) is 1. The van der Waals surface area contributed by atoms with Crippen LogP contribution in [-0.4, -0.2) is 12.7 Å². The predicted octanol–water partition coefficient (Wildman–Crippen LogP) is 4.59. The van der Waals surface area contributed by atoms with E-state index in [0.717, 1.165) is 12.0 Å². The summed E-state index contributed by atoms with van der Waals surface area (Å²) >= 11 is 0. The minimum Gasteiger partial charge on any atom is -0.303 e. The minimum atomic E-state index is -4.27. The van der Waals surface area contributed by atoms with Crippen molar-refractivity contribution in [1.82, 2.24) is 5.32 Å². The van der Waals surface area contributed by atoms with Crippen molar-refractivity contribution in [3.05, 3.63) is 35.4 Å². The van der Waals surface area contributed by atoms with Crippen molar-refractivity contribution in [1.29, 1.82) is 0 Å². The molecule has 0 aliphatic carbocycles. The van der Waals surface area contributed by atoms with Crippen molar-refractivity contribution in [3.8, 4) is 0 Å². The second-order valence-corrected chi connectivity index (χ2v) is 5.39. The Morgan fingerprint density at radius 3 is 1.95 bits per heavy atom. The molecule has 4 heteroatoms. The molecule has 19 heavy (non-hydrogen) atoms. The smallest absolute Gasteiger partial charge is 0.303 e. The molecule has 0 aliphatic rings. The summed E-state index contributed by atoms with van der Waals surface area (Å²) in [5, 5.41) is 2.49. The lowest BCUT2D eigenvalue weighted by Gasteiger charge is -2.25. The highest BCUT2D eigenvalue weighted by Crippen LogP contribution is 2.34. The van der Waals surface area contributed by atoms with Gasteiger partial charge in [-0.05, 0) is 29.5 Å². The lowest BCUT2D eigenvalue weighted by molar-refractivity contribution is -0.157. The average Bonchev–Trinajstić information content (AvgIpc) is 2.35. The number of alkyl halides is 3. The van der Waals surface area contributed by atoms with Crippen molar-refractivity contribution < 1.29 is 13.2 Å². The quantitative estimate of drug-likeness (QED) is 0.827. The summed E-state index contributed by atoms with van der Waals surface area (Å²) in [6.07, 6.45) is -3.32. The van der Waals surface area contributed by atoms with Gasteiger partial charge in [-0.2, -0.15) is 13.2 Å². The van der Waals surface area contributed by atoms with Crippen LogP contribution >= 0.6 is 0 Å². The molecule has 0 bridgehead atoms. The SMILES string of the molecule is CCNC(c1ccc(C(C)(C)CC)cc1)C(F)(F)F. The highest BCUT2D eigenvalue weighted by molar-refractivity contribution is 5.30. The summed E-state index contributed by atoms with van der Waals surface area (Å²) in [6.45, 7) is 8.21. The zero-order chi connectivity index (χ0) is 14.7. The van der Waals surface area contributed by atoms with Gasteiger partial charge in [-0.1, -0.05) is 52.0 Å². The summed E-state index contributed by atoms with van der Waals surface area (Å²) in [5.74, 6) is 0. The molecule has 1 nitrogen and oxygen atoms in total.